The van der Waals surface area contributed by atoms with Crippen molar-refractivity contribution in [2.75, 3.05) is 19.3 Å². The molecule has 1 aromatic carbocycles. The predicted octanol–water partition coefficient (Wildman–Crippen LogP) is 3.75. The summed E-state index contributed by atoms with van der Waals surface area (Å²) in [5, 5.41) is 11.4. The predicted molar refractivity (Wildman–Crippen MR) is 122 cm³/mol. The highest BCUT2D eigenvalue weighted by Gasteiger charge is 2.29. The van der Waals surface area contributed by atoms with Gasteiger partial charge in [-0.15, -0.1) is 24.0 Å². The standard InChI is InChI=1S/C19H27N5S.HI/c1-15-9-11-24(23-15)17-8-5-4-7-16(17)13-21-18(20-3)22-14-19(2)10-6-12-25-19;/h4-5,7-9,11H,6,10,12-14H2,1-3H3,(H2,20,21,22);1H. The third-order valence-electron chi connectivity index (χ3n) is 4.56. The van der Waals surface area contributed by atoms with Crippen molar-refractivity contribution in [3.63, 3.8) is 0 Å². The number of aromatic nitrogens is 2. The summed E-state index contributed by atoms with van der Waals surface area (Å²) in [5.41, 5.74) is 3.30. The number of nitrogens with zero attached hydrogens (tertiary/aromatic N) is 3. The molecule has 2 N–H and O–H groups in total. The van der Waals surface area contributed by atoms with E-state index in [1.54, 1.807) is 0 Å². The van der Waals surface area contributed by atoms with Crippen LogP contribution >= 0.6 is 35.7 Å². The second-order valence-corrected chi connectivity index (χ2v) is 8.39. The second-order valence-electron chi connectivity index (χ2n) is 6.71. The highest BCUT2D eigenvalue weighted by molar-refractivity contribution is 14.0. The molecule has 1 aliphatic heterocycles. The van der Waals surface area contributed by atoms with Gasteiger partial charge in [0.1, 0.15) is 0 Å². The molecule has 7 heteroatoms. The monoisotopic (exact) mass is 485 g/mol. The van der Waals surface area contributed by atoms with Gasteiger partial charge in [-0.3, -0.25) is 4.99 Å². The SMILES string of the molecule is CN=C(NCc1ccccc1-n1ccc(C)n1)NCC1(C)CCCS1.I. The first-order chi connectivity index (χ1) is 12.1. The van der Waals surface area contributed by atoms with Gasteiger partial charge in [0, 0.05) is 31.1 Å². The molecule has 1 aliphatic rings. The van der Waals surface area contributed by atoms with E-state index in [0.29, 0.717) is 11.3 Å². The number of aliphatic imine (C=N–C) groups is 1. The van der Waals surface area contributed by atoms with Gasteiger partial charge in [-0.2, -0.15) is 16.9 Å². The summed E-state index contributed by atoms with van der Waals surface area (Å²) >= 11 is 2.06. The van der Waals surface area contributed by atoms with Crippen molar-refractivity contribution in [3.05, 3.63) is 47.8 Å². The molecule has 0 bridgehead atoms. The van der Waals surface area contributed by atoms with E-state index in [2.05, 4.69) is 57.6 Å². The molecule has 1 saturated heterocycles. The van der Waals surface area contributed by atoms with Crippen molar-refractivity contribution in [3.8, 4) is 5.69 Å². The maximum Gasteiger partial charge on any atom is 0.191 e. The average molecular weight is 485 g/mol. The Labute approximate surface area is 177 Å². The minimum absolute atomic E-state index is 0. The third-order valence-corrected chi connectivity index (χ3v) is 6.10. The summed E-state index contributed by atoms with van der Waals surface area (Å²) in [5.74, 6) is 2.11. The lowest BCUT2D eigenvalue weighted by atomic mass is 10.1. The molecule has 0 radical (unpaired) electrons. The summed E-state index contributed by atoms with van der Waals surface area (Å²) in [6.07, 6.45) is 4.58. The molecule has 1 aromatic heterocycles. The number of para-hydroxylation sites is 1. The molecule has 2 aromatic rings. The molecule has 5 nitrogen and oxygen atoms in total. The normalized spacial score (nSPS) is 19.9. The number of guanidine groups is 1. The third kappa shape index (κ3) is 5.39. The van der Waals surface area contributed by atoms with Crippen molar-refractivity contribution >= 4 is 41.7 Å². The van der Waals surface area contributed by atoms with E-state index in [-0.39, 0.29) is 24.0 Å². The summed E-state index contributed by atoms with van der Waals surface area (Å²) < 4.78 is 2.25. The van der Waals surface area contributed by atoms with Gasteiger partial charge in [0.25, 0.3) is 0 Å². The van der Waals surface area contributed by atoms with Gasteiger partial charge in [-0.05, 0) is 50.1 Å². The number of rotatable bonds is 5. The molecule has 26 heavy (non-hydrogen) atoms. The molecule has 0 amide bonds. The first-order valence-electron chi connectivity index (χ1n) is 8.79. The van der Waals surface area contributed by atoms with E-state index < -0.39 is 0 Å². The van der Waals surface area contributed by atoms with Crippen LogP contribution in [-0.4, -0.2) is 39.8 Å². The van der Waals surface area contributed by atoms with E-state index in [4.69, 9.17) is 0 Å². The first kappa shape index (κ1) is 21.1. The van der Waals surface area contributed by atoms with Gasteiger partial charge in [0.15, 0.2) is 5.96 Å². The minimum atomic E-state index is 0. The van der Waals surface area contributed by atoms with Crippen LogP contribution in [0.15, 0.2) is 41.5 Å². The molecule has 1 atom stereocenters. The molecule has 0 spiro atoms. The molecular formula is C19H28IN5S. The smallest absolute Gasteiger partial charge is 0.191 e. The quantitative estimate of drug-likeness (QED) is 0.385. The maximum absolute atomic E-state index is 4.53. The number of nitrogens with one attached hydrogen (secondary N) is 2. The van der Waals surface area contributed by atoms with Crippen LogP contribution in [0.2, 0.25) is 0 Å². The van der Waals surface area contributed by atoms with E-state index in [1.807, 2.05) is 37.0 Å². The second kappa shape index (κ2) is 9.64. The Morgan fingerprint density at radius 3 is 2.77 bits per heavy atom. The number of hydrogen-bond acceptors (Lipinski definition) is 3. The van der Waals surface area contributed by atoms with Gasteiger partial charge in [0.2, 0.25) is 0 Å². The Morgan fingerprint density at radius 1 is 1.31 bits per heavy atom. The van der Waals surface area contributed by atoms with Crippen LogP contribution in [-0.2, 0) is 6.54 Å². The zero-order valence-electron chi connectivity index (χ0n) is 15.7. The van der Waals surface area contributed by atoms with E-state index in [1.165, 1.54) is 24.2 Å². The molecule has 0 aliphatic carbocycles. The van der Waals surface area contributed by atoms with Crippen LogP contribution in [0.3, 0.4) is 0 Å². The summed E-state index contributed by atoms with van der Waals surface area (Å²) in [4.78, 5) is 4.36. The van der Waals surface area contributed by atoms with Crippen molar-refractivity contribution in [2.24, 2.45) is 4.99 Å². The number of hydrogen-bond donors (Lipinski definition) is 2. The Bertz CT molecular complexity index is 737. The largest absolute Gasteiger partial charge is 0.355 e. The topological polar surface area (TPSA) is 54.2 Å². The maximum atomic E-state index is 4.53. The summed E-state index contributed by atoms with van der Waals surface area (Å²) in [7, 11) is 1.82. The van der Waals surface area contributed by atoms with Crippen LogP contribution in [0.4, 0.5) is 0 Å². The number of benzene rings is 1. The van der Waals surface area contributed by atoms with E-state index >= 15 is 0 Å². The van der Waals surface area contributed by atoms with Gasteiger partial charge in [-0.25, -0.2) is 4.68 Å². The van der Waals surface area contributed by atoms with Crippen molar-refractivity contribution in [2.45, 2.75) is 38.0 Å². The molecule has 142 valence electrons. The van der Waals surface area contributed by atoms with Crippen molar-refractivity contribution in [1.29, 1.82) is 0 Å². The molecule has 2 heterocycles. The lowest BCUT2D eigenvalue weighted by Crippen LogP contribution is -2.43. The highest BCUT2D eigenvalue weighted by Crippen LogP contribution is 2.36. The van der Waals surface area contributed by atoms with Crippen molar-refractivity contribution in [1.82, 2.24) is 20.4 Å². The Balaban J connectivity index is 0.00000243. The van der Waals surface area contributed by atoms with Crippen LogP contribution in [0.25, 0.3) is 5.69 Å². The summed E-state index contributed by atoms with van der Waals surface area (Å²) in [6, 6.07) is 10.3. The van der Waals surface area contributed by atoms with Gasteiger partial charge >= 0.3 is 0 Å². The van der Waals surface area contributed by atoms with E-state index in [0.717, 1.165) is 23.9 Å². The van der Waals surface area contributed by atoms with Gasteiger partial charge in [0.05, 0.1) is 11.4 Å². The van der Waals surface area contributed by atoms with E-state index in [9.17, 15) is 0 Å². The highest BCUT2D eigenvalue weighted by atomic mass is 127. The number of thioether (sulfide) groups is 1. The molecule has 0 saturated carbocycles. The first-order valence-corrected chi connectivity index (χ1v) is 9.77. The zero-order valence-corrected chi connectivity index (χ0v) is 18.8. The van der Waals surface area contributed by atoms with Crippen molar-refractivity contribution < 1.29 is 0 Å². The molecule has 3 rings (SSSR count). The van der Waals surface area contributed by atoms with Crippen LogP contribution in [0, 0.1) is 6.92 Å². The average Bonchev–Trinajstić information content (AvgIpc) is 3.24. The Kier molecular flexibility index (Phi) is 7.82. The summed E-state index contributed by atoms with van der Waals surface area (Å²) in [6.45, 7) is 5.99. The number of aryl methyl sites for hydroxylation is 1. The fourth-order valence-electron chi connectivity index (χ4n) is 3.08. The molecule has 1 unspecified atom stereocenters. The fraction of sp³-hybridized carbons (Fsp3) is 0.474. The fourth-order valence-corrected chi connectivity index (χ4v) is 4.32. The van der Waals surface area contributed by atoms with Crippen LogP contribution in [0.5, 0.6) is 0 Å². The van der Waals surface area contributed by atoms with Gasteiger partial charge in [-0.1, -0.05) is 18.2 Å². The van der Waals surface area contributed by atoms with Crippen LogP contribution in [0.1, 0.15) is 31.0 Å². The van der Waals surface area contributed by atoms with Gasteiger partial charge < -0.3 is 10.6 Å². The minimum Gasteiger partial charge on any atom is -0.355 e. The Hall–Kier alpha value is -1.22. The lowest BCUT2D eigenvalue weighted by molar-refractivity contribution is 0.584. The lowest BCUT2D eigenvalue weighted by Gasteiger charge is -2.24. The Morgan fingerprint density at radius 2 is 2.12 bits per heavy atom. The van der Waals surface area contributed by atoms with Crippen LogP contribution < -0.4 is 10.6 Å². The molecule has 1 fully saturated rings. The zero-order chi connectivity index (χ0) is 17.7. The molecular weight excluding hydrogens is 457 g/mol. The number of halogens is 1.